The van der Waals surface area contributed by atoms with Crippen molar-refractivity contribution in [3.63, 3.8) is 0 Å². The molecule has 0 spiro atoms. The molecule has 128 valence electrons. The van der Waals surface area contributed by atoms with Gasteiger partial charge in [0.2, 0.25) is 0 Å². The van der Waals surface area contributed by atoms with Gasteiger partial charge in [0.15, 0.2) is 6.10 Å². The molecule has 2 aromatic carbocycles. The molecule has 0 fully saturated rings. The number of carboxylic acid groups (broad SMARTS) is 1. The van der Waals surface area contributed by atoms with E-state index in [0.717, 1.165) is 17.7 Å². The van der Waals surface area contributed by atoms with E-state index >= 15 is 0 Å². The minimum absolute atomic E-state index is 0.266. The van der Waals surface area contributed by atoms with Gasteiger partial charge in [-0.25, -0.2) is 4.79 Å². The van der Waals surface area contributed by atoms with Crippen LogP contribution in [0, 0.1) is 0 Å². The summed E-state index contributed by atoms with van der Waals surface area (Å²) < 4.78 is 16.4. The van der Waals surface area contributed by atoms with Gasteiger partial charge < -0.3 is 19.3 Å². The summed E-state index contributed by atoms with van der Waals surface area (Å²) in [5.41, 5.74) is 0.815. The van der Waals surface area contributed by atoms with Gasteiger partial charge >= 0.3 is 5.97 Å². The predicted octanol–water partition coefficient (Wildman–Crippen LogP) is 3.18. The van der Waals surface area contributed by atoms with Crippen LogP contribution in [-0.4, -0.2) is 37.5 Å². The van der Waals surface area contributed by atoms with Gasteiger partial charge in [-0.3, -0.25) is 0 Å². The number of ether oxygens (including phenoxy) is 3. The number of hydrogen-bond acceptors (Lipinski definition) is 4. The smallest absolute Gasteiger partial charge is 0.333 e. The zero-order valence-electron chi connectivity index (χ0n) is 13.7. The maximum atomic E-state index is 11.1. The average molecular weight is 330 g/mol. The highest BCUT2D eigenvalue weighted by atomic mass is 16.5. The lowest BCUT2D eigenvalue weighted by Gasteiger charge is -2.15. The van der Waals surface area contributed by atoms with Gasteiger partial charge in [0, 0.05) is 20.0 Å². The van der Waals surface area contributed by atoms with E-state index in [0.29, 0.717) is 19.0 Å². The summed E-state index contributed by atoms with van der Waals surface area (Å²) in [6, 6.07) is 17.0. The summed E-state index contributed by atoms with van der Waals surface area (Å²) in [6.45, 7) is 1.05. The summed E-state index contributed by atoms with van der Waals surface area (Å²) in [5.74, 6) is 0.534. The standard InChI is InChI=1S/C19H22O5/c1-22-18(19(20)21)14-15-8-5-6-11-17(15)24-13-7-12-23-16-9-3-2-4-10-16/h2-6,8-11,18H,7,12-14H2,1H3,(H,20,21)/t18-/m0/s1. The minimum Gasteiger partial charge on any atom is -0.493 e. The maximum Gasteiger partial charge on any atom is 0.333 e. The SMILES string of the molecule is CO[C@@H](Cc1ccccc1OCCCOc1ccccc1)C(=O)O. The molecule has 0 saturated carbocycles. The number of para-hydroxylation sites is 2. The van der Waals surface area contributed by atoms with Crippen LogP contribution in [0.15, 0.2) is 54.6 Å². The molecule has 1 N–H and O–H groups in total. The third-order valence-corrected chi connectivity index (χ3v) is 3.50. The van der Waals surface area contributed by atoms with Gasteiger partial charge in [0.25, 0.3) is 0 Å². The van der Waals surface area contributed by atoms with E-state index in [1.165, 1.54) is 7.11 Å². The van der Waals surface area contributed by atoms with E-state index in [9.17, 15) is 4.79 Å². The fourth-order valence-corrected chi connectivity index (χ4v) is 2.23. The van der Waals surface area contributed by atoms with E-state index in [4.69, 9.17) is 19.3 Å². The van der Waals surface area contributed by atoms with E-state index in [-0.39, 0.29) is 6.42 Å². The highest BCUT2D eigenvalue weighted by molar-refractivity contribution is 5.72. The van der Waals surface area contributed by atoms with Crippen molar-refractivity contribution in [3.05, 3.63) is 60.2 Å². The molecule has 5 nitrogen and oxygen atoms in total. The van der Waals surface area contributed by atoms with Crippen molar-refractivity contribution in [3.8, 4) is 11.5 Å². The Labute approximate surface area is 141 Å². The molecule has 0 aliphatic rings. The quantitative estimate of drug-likeness (QED) is 0.678. The Morgan fingerprint density at radius 2 is 1.67 bits per heavy atom. The van der Waals surface area contributed by atoms with Gasteiger partial charge in [-0.1, -0.05) is 36.4 Å². The summed E-state index contributed by atoms with van der Waals surface area (Å²) in [5, 5.41) is 9.10. The van der Waals surface area contributed by atoms with Crippen LogP contribution in [0.5, 0.6) is 11.5 Å². The van der Waals surface area contributed by atoms with Gasteiger partial charge in [0.1, 0.15) is 11.5 Å². The molecule has 2 aromatic rings. The minimum atomic E-state index is -0.983. The molecule has 0 bridgehead atoms. The normalized spacial score (nSPS) is 11.7. The Morgan fingerprint density at radius 3 is 2.38 bits per heavy atom. The lowest BCUT2D eigenvalue weighted by molar-refractivity contribution is -0.148. The van der Waals surface area contributed by atoms with E-state index < -0.39 is 12.1 Å². The van der Waals surface area contributed by atoms with Gasteiger partial charge in [-0.2, -0.15) is 0 Å². The zero-order valence-corrected chi connectivity index (χ0v) is 13.7. The highest BCUT2D eigenvalue weighted by Gasteiger charge is 2.18. The third-order valence-electron chi connectivity index (χ3n) is 3.50. The molecule has 0 aliphatic heterocycles. The Hall–Kier alpha value is -2.53. The fraction of sp³-hybridized carbons (Fsp3) is 0.316. The van der Waals surface area contributed by atoms with Crippen LogP contribution < -0.4 is 9.47 Å². The summed E-state index contributed by atoms with van der Waals surface area (Å²) in [7, 11) is 1.39. The Balaban J connectivity index is 1.81. The largest absolute Gasteiger partial charge is 0.493 e. The van der Waals surface area contributed by atoms with Crippen molar-refractivity contribution >= 4 is 5.97 Å². The van der Waals surface area contributed by atoms with E-state index in [1.807, 2.05) is 54.6 Å². The number of benzene rings is 2. The topological polar surface area (TPSA) is 65.0 Å². The summed E-state index contributed by atoms with van der Waals surface area (Å²) >= 11 is 0. The van der Waals surface area contributed by atoms with Crippen LogP contribution in [-0.2, 0) is 16.0 Å². The number of rotatable bonds is 10. The van der Waals surface area contributed by atoms with Crippen molar-refractivity contribution in [1.82, 2.24) is 0 Å². The van der Waals surface area contributed by atoms with Gasteiger partial charge in [-0.05, 0) is 23.8 Å². The number of carbonyl (C=O) groups is 1. The first-order valence-corrected chi connectivity index (χ1v) is 7.85. The van der Waals surface area contributed by atoms with Crippen LogP contribution in [0.1, 0.15) is 12.0 Å². The van der Waals surface area contributed by atoms with Crippen LogP contribution >= 0.6 is 0 Å². The predicted molar refractivity (Wildman–Crippen MR) is 90.6 cm³/mol. The van der Waals surface area contributed by atoms with Crippen LogP contribution in [0.3, 0.4) is 0 Å². The Kier molecular flexibility index (Phi) is 7.11. The molecule has 0 aromatic heterocycles. The molecule has 0 radical (unpaired) electrons. The first-order chi connectivity index (χ1) is 11.7. The van der Waals surface area contributed by atoms with Crippen LogP contribution in [0.2, 0.25) is 0 Å². The molecule has 0 unspecified atom stereocenters. The summed E-state index contributed by atoms with van der Waals surface area (Å²) in [4.78, 5) is 11.1. The molecule has 0 heterocycles. The molecule has 0 aliphatic carbocycles. The number of hydrogen-bond donors (Lipinski definition) is 1. The maximum absolute atomic E-state index is 11.1. The second kappa shape index (κ2) is 9.57. The molecule has 2 rings (SSSR count). The lowest BCUT2D eigenvalue weighted by Crippen LogP contribution is -2.25. The van der Waals surface area contributed by atoms with Crippen molar-refractivity contribution in [1.29, 1.82) is 0 Å². The van der Waals surface area contributed by atoms with Crippen LogP contribution in [0.4, 0.5) is 0 Å². The van der Waals surface area contributed by atoms with Crippen molar-refractivity contribution in [2.24, 2.45) is 0 Å². The first kappa shape index (κ1) is 17.8. The zero-order chi connectivity index (χ0) is 17.2. The third kappa shape index (κ3) is 5.59. The highest BCUT2D eigenvalue weighted by Crippen LogP contribution is 2.20. The van der Waals surface area contributed by atoms with E-state index in [1.54, 1.807) is 0 Å². The monoisotopic (exact) mass is 330 g/mol. The molecule has 5 heteroatoms. The Bertz CT molecular complexity index is 627. The van der Waals surface area contributed by atoms with Crippen molar-refractivity contribution in [2.75, 3.05) is 20.3 Å². The first-order valence-electron chi connectivity index (χ1n) is 7.85. The van der Waals surface area contributed by atoms with Gasteiger partial charge in [0.05, 0.1) is 13.2 Å². The fourth-order valence-electron chi connectivity index (χ4n) is 2.23. The lowest BCUT2D eigenvalue weighted by atomic mass is 10.1. The number of carboxylic acids is 1. The van der Waals surface area contributed by atoms with Crippen LogP contribution in [0.25, 0.3) is 0 Å². The molecule has 24 heavy (non-hydrogen) atoms. The molecular formula is C19H22O5. The Morgan fingerprint density at radius 1 is 1.00 bits per heavy atom. The van der Waals surface area contributed by atoms with Gasteiger partial charge in [-0.15, -0.1) is 0 Å². The average Bonchev–Trinajstić information content (AvgIpc) is 2.61. The van der Waals surface area contributed by atoms with E-state index in [2.05, 4.69) is 0 Å². The molecular weight excluding hydrogens is 308 g/mol. The molecule has 0 amide bonds. The molecule has 0 saturated heterocycles. The van der Waals surface area contributed by atoms with Crippen molar-refractivity contribution in [2.45, 2.75) is 18.9 Å². The second-order valence-corrected chi connectivity index (χ2v) is 5.24. The van der Waals surface area contributed by atoms with Crippen molar-refractivity contribution < 1.29 is 24.1 Å². The number of methoxy groups -OCH3 is 1. The summed E-state index contributed by atoms with van der Waals surface area (Å²) in [6.07, 6.45) is 0.120. The number of aliphatic carboxylic acids is 1. The second-order valence-electron chi connectivity index (χ2n) is 5.24. The molecule has 1 atom stereocenters.